The molecule has 2 aromatic rings. The molecule has 2 aromatic carbocycles. The molecule has 0 aliphatic rings. The second-order valence-corrected chi connectivity index (χ2v) is 7.72. The summed E-state index contributed by atoms with van der Waals surface area (Å²) in [6.07, 6.45) is -4.53. The normalized spacial score (nSPS) is 11.7. The monoisotopic (exact) mass is 428 g/mol. The first-order valence-corrected chi connectivity index (χ1v) is 8.95. The van der Waals surface area contributed by atoms with Gasteiger partial charge in [0.05, 0.1) is 5.69 Å². The molecule has 0 radical (unpaired) electrons. The van der Waals surface area contributed by atoms with E-state index in [0.717, 1.165) is 0 Å². The Morgan fingerprint density at radius 3 is 2.34 bits per heavy atom. The van der Waals surface area contributed by atoms with Crippen molar-refractivity contribution in [2.45, 2.75) is 26.9 Å². The van der Waals surface area contributed by atoms with Crippen molar-refractivity contribution in [3.8, 4) is 5.75 Å². The van der Waals surface area contributed by atoms with E-state index in [0.29, 0.717) is 5.69 Å². The number of nitrogens with one attached hydrogen (secondary N) is 2. The van der Waals surface area contributed by atoms with E-state index in [4.69, 9.17) is 16.3 Å². The summed E-state index contributed by atoms with van der Waals surface area (Å²) in [5, 5.41) is 5.41. The number of benzene rings is 2. The van der Waals surface area contributed by atoms with Gasteiger partial charge in [0.15, 0.2) is 6.61 Å². The molecule has 0 aliphatic heterocycles. The van der Waals surface area contributed by atoms with Gasteiger partial charge >= 0.3 is 6.18 Å². The van der Waals surface area contributed by atoms with Gasteiger partial charge in [-0.25, -0.2) is 0 Å². The number of anilines is 2. The molecule has 0 bridgehead atoms. The zero-order valence-electron chi connectivity index (χ0n) is 16.0. The van der Waals surface area contributed by atoms with Gasteiger partial charge in [0.1, 0.15) is 5.75 Å². The highest BCUT2D eigenvalue weighted by atomic mass is 35.5. The number of hydrogen-bond donors (Lipinski definition) is 2. The molecule has 2 N–H and O–H groups in total. The SMILES string of the molecule is CC(C)(C)C(=O)Nc1cccc(C(=O)Nc2cc(Cl)ccc2OCC(F)(F)F)c1. The predicted octanol–water partition coefficient (Wildman–Crippen LogP) is 5.52. The van der Waals surface area contributed by atoms with Gasteiger partial charge < -0.3 is 15.4 Å². The summed E-state index contributed by atoms with van der Waals surface area (Å²) in [6.45, 7) is 3.74. The number of halogens is 4. The van der Waals surface area contributed by atoms with Crippen molar-refractivity contribution in [3.05, 3.63) is 53.1 Å². The molecule has 0 saturated carbocycles. The molecule has 2 rings (SSSR count). The maximum Gasteiger partial charge on any atom is 0.422 e. The average Bonchev–Trinajstić information content (AvgIpc) is 2.59. The maximum atomic E-state index is 12.6. The van der Waals surface area contributed by atoms with Crippen LogP contribution in [0.5, 0.6) is 5.75 Å². The Bertz CT molecular complexity index is 909. The van der Waals surface area contributed by atoms with Crippen LogP contribution in [0.2, 0.25) is 5.02 Å². The molecular weight excluding hydrogens is 409 g/mol. The molecule has 29 heavy (non-hydrogen) atoms. The quantitative estimate of drug-likeness (QED) is 0.659. The highest BCUT2D eigenvalue weighted by Gasteiger charge is 2.29. The first-order valence-electron chi connectivity index (χ1n) is 8.57. The van der Waals surface area contributed by atoms with E-state index in [9.17, 15) is 22.8 Å². The van der Waals surface area contributed by atoms with Crippen LogP contribution in [-0.2, 0) is 4.79 Å². The number of carbonyl (C=O) groups excluding carboxylic acids is 2. The molecule has 0 saturated heterocycles. The molecule has 2 amide bonds. The Balaban J connectivity index is 2.19. The summed E-state index contributed by atoms with van der Waals surface area (Å²) in [7, 11) is 0. The zero-order chi connectivity index (χ0) is 21.8. The van der Waals surface area contributed by atoms with Crippen LogP contribution in [0.1, 0.15) is 31.1 Å². The fourth-order valence-electron chi connectivity index (χ4n) is 2.14. The average molecular weight is 429 g/mol. The number of carbonyl (C=O) groups is 2. The fourth-order valence-corrected chi connectivity index (χ4v) is 2.31. The first-order chi connectivity index (χ1) is 13.3. The van der Waals surface area contributed by atoms with Crippen LogP contribution in [-0.4, -0.2) is 24.6 Å². The molecule has 0 fully saturated rings. The van der Waals surface area contributed by atoms with E-state index in [-0.39, 0.29) is 27.9 Å². The van der Waals surface area contributed by atoms with Crippen molar-refractivity contribution >= 4 is 34.8 Å². The lowest BCUT2D eigenvalue weighted by Crippen LogP contribution is -2.27. The van der Waals surface area contributed by atoms with Crippen LogP contribution in [0.3, 0.4) is 0 Å². The van der Waals surface area contributed by atoms with Gasteiger partial charge in [0, 0.05) is 21.7 Å². The number of rotatable bonds is 5. The fraction of sp³-hybridized carbons (Fsp3) is 0.300. The van der Waals surface area contributed by atoms with Gasteiger partial charge in [-0.3, -0.25) is 9.59 Å². The maximum absolute atomic E-state index is 12.6. The standard InChI is InChI=1S/C20H20ClF3N2O3/c1-19(2,3)18(28)25-14-6-4-5-12(9-14)17(27)26-15-10-13(21)7-8-16(15)29-11-20(22,23)24/h4-10H,11H2,1-3H3,(H,25,28)(H,26,27). The van der Waals surface area contributed by atoms with Gasteiger partial charge in [-0.15, -0.1) is 0 Å². The minimum atomic E-state index is -4.53. The molecule has 0 spiro atoms. The van der Waals surface area contributed by atoms with Gasteiger partial charge in [-0.2, -0.15) is 13.2 Å². The summed E-state index contributed by atoms with van der Waals surface area (Å²) >= 11 is 5.88. The van der Waals surface area contributed by atoms with Crippen LogP contribution in [0.25, 0.3) is 0 Å². The van der Waals surface area contributed by atoms with Crippen LogP contribution in [0.4, 0.5) is 24.5 Å². The number of hydrogen-bond acceptors (Lipinski definition) is 3. The van der Waals surface area contributed by atoms with Crippen molar-refractivity contribution in [3.63, 3.8) is 0 Å². The minimum Gasteiger partial charge on any atom is -0.482 e. The van der Waals surface area contributed by atoms with Gasteiger partial charge in [-0.1, -0.05) is 38.4 Å². The van der Waals surface area contributed by atoms with E-state index in [2.05, 4.69) is 10.6 Å². The van der Waals surface area contributed by atoms with Crippen molar-refractivity contribution in [1.29, 1.82) is 0 Å². The van der Waals surface area contributed by atoms with Crippen LogP contribution in [0.15, 0.2) is 42.5 Å². The number of amides is 2. The number of alkyl halides is 3. The Hall–Kier alpha value is -2.74. The molecule has 0 heterocycles. The van der Waals surface area contributed by atoms with Crippen molar-refractivity contribution in [2.75, 3.05) is 17.2 Å². The highest BCUT2D eigenvalue weighted by Crippen LogP contribution is 2.30. The lowest BCUT2D eigenvalue weighted by Gasteiger charge is -2.18. The van der Waals surface area contributed by atoms with Crippen LogP contribution in [0, 0.1) is 5.41 Å². The molecule has 9 heteroatoms. The predicted molar refractivity (Wildman–Crippen MR) is 105 cm³/mol. The highest BCUT2D eigenvalue weighted by molar-refractivity contribution is 6.31. The minimum absolute atomic E-state index is 0.00381. The first kappa shape index (κ1) is 22.5. The third kappa shape index (κ3) is 6.98. The second-order valence-electron chi connectivity index (χ2n) is 7.28. The topological polar surface area (TPSA) is 67.4 Å². The van der Waals surface area contributed by atoms with Crippen molar-refractivity contribution in [2.24, 2.45) is 5.41 Å². The summed E-state index contributed by atoms with van der Waals surface area (Å²) in [4.78, 5) is 24.7. The van der Waals surface area contributed by atoms with Gasteiger partial charge in [-0.05, 0) is 36.4 Å². The second kappa shape index (κ2) is 8.73. The van der Waals surface area contributed by atoms with E-state index in [1.807, 2.05) is 0 Å². The van der Waals surface area contributed by atoms with E-state index in [1.54, 1.807) is 32.9 Å². The molecular formula is C20H20ClF3N2O3. The lowest BCUT2D eigenvalue weighted by atomic mass is 9.95. The van der Waals surface area contributed by atoms with Crippen molar-refractivity contribution < 1.29 is 27.5 Å². The molecule has 156 valence electrons. The van der Waals surface area contributed by atoms with Crippen LogP contribution < -0.4 is 15.4 Å². The summed E-state index contributed by atoms with van der Waals surface area (Å²) in [5.41, 5.74) is -0.0180. The Labute approximate surface area is 171 Å². The van der Waals surface area contributed by atoms with Crippen molar-refractivity contribution in [1.82, 2.24) is 0 Å². The molecule has 0 unspecified atom stereocenters. The summed E-state index contributed by atoms with van der Waals surface area (Å²) in [5.74, 6) is -0.999. The zero-order valence-corrected chi connectivity index (χ0v) is 16.7. The van der Waals surface area contributed by atoms with Crippen LogP contribution >= 0.6 is 11.6 Å². The number of ether oxygens (including phenoxy) is 1. The molecule has 0 aromatic heterocycles. The smallest absolute Gasteiger partial charge is 0.422 e. The Morgan fingerprint density at radius 2 is 1.72 bits per heavy atom. The third-order valence-electron chi connectivity index (χ3n) is 3.64. The lowest BCUT2D eigenvalue weighted by molar-refractivity contribution is -0.153. The summed E-state index contributed by atoms with van der Waals surface area (Å²) in [6, 6.07) is 10.0. The van der Waals surface area contributed by atoms with E-state index < -0.39 is 24.1 Å². The van der Waals surface area contributed by atoms with Gasteiger partial charge in [0.2, 0.25) is 5.91 Å². The third-order valence-corrected chi connectivity index (χ3v) is 3.88. The molecule has 0 atom stereocenters. The largest absolute Gasteiger partial charge is 0.482 e. The summed E-state index contributed by atoms with van der Waals surface area (Å²) < 4.78 is 42.1. The van der Waals surface area contributed by atoms with E-state index in [1.165, 1.54) is 30.3 Å². The van der Waals surface area contributed by atoms with Gasteiger partial charge in [0.25, 0.3) is 5.91 Å². The Morgan fingerprint density at radius 1 is 1.03 bits per heavy atom. The molecule has 5 nitrogen and oxygen atoms in total. The molecule has 0 aliphatic carbocycles. The van der Waals surface area contributed by atoms with E-state index >= 15 is 0 Å². The Kier molecular flexibility index (Phi) is 6.79.